The second-order valence-electron chi connectivity index (χ2n) is 35.2. The third-order valence-corrected chi connectivity index (χ3v) is 27.8. The van der Waals surface area contributed by atoms with Gasteiger partial charge < -0.3 is 110 Å². The molecule has 4 aromatic carbocycles. The van der Waals surface area contributed by atoms with Gasteiger partial charge in [0.15, 0.2) is 11.8 Å². The number of nitrogens with one attached hydrogen (secondary N) is 2. The molecule has 37 nitrogen and oxygen atoms in total. The van der Waals surface area contributed by atoms with E-state index in [9.17, 15) is 67.9 Å². The van der Waals surface area contributed by atoms with Crippen LogP contribution in [0.5, 0.6) is 23.0 Å². The van der Waals surface area contributed by atoms with Crippen LogP contribution in [-0.4, -0.2) is 153 Å². The number of phenolic OH excluding ortho intramolecular Hbond substituents is 2. The molecule has 8 bridgehead atoms. The molecule has 10 heterocycles. The van der Waals surface area contributed by atoms with Gasteiger partial charge in [-0.3, -0.25) is 57.9 Å². The number of aliphatic hydroxyl groups excluding tert-OH is 1. The summed E-state index contributed by atoms with van der Waals surface area (Å²) in [6.45, 7) is 23.7. The number of nitrogens with two attached hydrogens (primary N) is 6. The summed E-state index contributed by atoms with van der Waals surface area (Å²) in [6, 6.07) is 15.6. The monoisotopic (exact) mass is 1790 g/mol. The molecule has 17 N–H and O–H groups in total. The third kappa shape index (κ3) is 17.0. The van der Waals surface area contributed by atoms with Crippen LogP contribution in [0.15, 0.2) is 129 Å². The average Bonchev–Trinajstić information content (AvgIpc) is 1.53. The van der Waals surface area contributed by atoms with Crippen molar-refractivity contribution in [2.75, 3.05) is 6.54 Å². The van der Waals surface area contributed by atoms with Crippen LogP contribution in [0.3, 0.4) is 0 Å². The average molecular weight is 1790 g/mol. The maximum atomic E-state index is 14.8. The fourth-order valence-electron chi connectivity index (χ4n) is 20.1. The van der Waals surface area contributed by atoms with E-state index < -0.39 is 161 Å². The number of aliphatic hydroxyl groups is 1. The Morgan fingerprint density at radius 1 is 0.738 bits per heavy atom. The predicted molar refractivity (Wildman–Crippen MR) is 449 cm³/mol. The Kier molecular flexibility index (Phi) is 26.1. The number of imidazole rings is 1. The number of benzene rings is 4. The van der Waals surface area contributed by atoms with Gasteiger partial charge in [-0.1, -0.05) is 45.9 Å². The van der Waals surface area contributed by atoms with Crippen molar-refractivity contribution in [3.8, 4) is 23.0 Å². The van der Waals surface area contributed by atoms with E-state index in [-0.39, 0.29) is 140 Å². The number of hydrogen-bond donors (Lipinski definition) is 11. The van der Waals surface area contributed by atoms with E-state index in [1.165, 1.54) is 66.6 Å². The number of allylic oxidation sites excluding steroid dienone is 6. The number of phenols is 2. The van der Waals surface area contributed by atoms with E-state index in [0.717, 1.165) is 11.1 Å². The minimum Gasteiger partial charge on any atom is -0.756 e. The van der Waals surface area contributed by atoms with Gasteiger partial charge in [-0.2, -0.15) is 5.70 Å². The normalized spacial score (nSPS) is 28.4. The summed E-state index contributed by atoms with van der Waals surface area (Å²) >= 11 is 0. The Labute approximate surface area is 735 Å². The molecule has 2 fully saturated rings. The number of fused-ring (bicyclic) bond motifs is 13. The Balaban J connectivity index is 0.00000478. The van der Waals surface area contributed by atoms with E-state index in [4.69, 9.17) is 89.8 Å². The number of phosphoric ester groups is 1. The van der Waals surface area contributed by atoms with Crippen LogP contribution in [0.1, 0.15) is 193 Å². The summed E-state index contributed by atoms with van der Waals surface area (Å²) in [6.07, 6.45) is -4.20. The number of carbonyl (C=O) groups excluding carboxylic acids is 9. The number of amides is 8. The largest absolute Gasteiger partial charge is 3.00 e. The van der Waals surface area contributed by atoms with Gasteiger partial charge in [0.05, 0.1) is 59.6 Å². The number of phosphoric acid groups is 1. The van der Waals surface area contributed by atoms with Crippen molar-refractivity contribution in [3.63, 3.8) is 0 Å². The summed E-state index contributed by atoms with van der Waals surface area (Å²) in [4.78, 5) is 158. The van der Waals surface area contributed by atoms with Gasteiger partial charge in [-0.05, 0) is 162 Å². The zero-order valence-corrected chi connectivity index (χ0v) is 73.3. The number of primary amides is 6. The van der Waals surface area contributed by atoms with Gasteiger partial charge in [0.2, 0.25) is 41.4 Å². The molecule has 2 saturated heterocycles. The van der Waals surface area contributed by atoms with Crippen LogP contribution >= 0.6 is 7.82 Å². The Morgan fingerprint density at radius 2 is 1.36 bits per heavy atom. The van der Waals surface area contributed by atoms with E-state index in [0.29, 0.717) is 73.1 Å². The number of aromatic hydroxyl groups is 2. The number of aryl methyl sites for hydroxylation is 2. The molecule has 2 aromatic heterocycles. The molecular weight excluding hydrogens is 1690 g/mol. The van der Waals surface area contributed by atoms with Crippen molar-refractivity contribution in [1.82, 2.24) is 35.2 Å². The zero-order chi connectivity index (χ0) is 91.0. The molecule has 0 aliphatic carbocycles. The Morgan fingerprint density at radius 3 is 1.98 bits per heavy atom. The zero-order valence-electron chi connectivity index (χ0n) is 71.3. The molecule has 668 valence electrons. The van der Waals surface area contributed by atoms with Crippen molar-refractivity contribution in [2.45, 2.75) is 208 Å². The SMILES string of the molecule is C/C1=C2/[N-][C@H]([C@H](CC(N)=O)[C@@]2(C)CCC(=O)NC[C@@H](C)OP(=O)([O-])O[C@H]2[C@@H](O)[C@@H](n3cnc4cc(C)c(C)cc43)O[C@@H]2Cn2cc(CNC(=O)c3ccc4c(c3)C3(OC4=O)c4ccc(O)cc4Oc4cc(O)ccc43)nn2)[C@]2(C)N=C(/C(C)=C3N=C(/C=C4N=C1[C@@H](CCC(N)=O)C\4(C)C)[C@@H](CCC(N)=O)[C@]\3(C)CC(N)=O)[C@@H](CCC(N)=O)[C@]2(C)CC(N)=O.[C-]#N.[Co+3]. The van der Waals surface area contributed by atoms with Crippen molar-refractivity contribution < 1.29 is 108 Å². The molecule has 39 heteroatoms. The molecule has 14 rings (SSSR count). The van der Waals surface area contributed by atoms with E-state index in [2.05, 4.69) is 25.9 Å². The van der Waals surface area contributed by atoms with Crippen LogP contribution in [0.4, 0.5) is 0 Å². The summed E-state index contributed by atoms with van der Waals surface area (Å²) < 4.78 is 47.6. The summed E-state index contributed by atoms with van der Waals surface area (Å²) in [7, 11) is -5.55. The molecule has 15 atom stereocenters. The summed E-state index contributed by atoms with van der Waals surface area (Å²) in [5.74, 6) is -9.07. The number of aliphatic imine (C=N–C) groups is 3. The molecule has 8 amide bonds. The number of nitrogens with zero attached hydrogens (tertiary/aromatic N) is 10. The molecule has 8 aliphatic rings. The first-order valence-corrected chi connectivity index (χ1v) is 42.4. The third-order valence-electron chi connectivity index (χ3n) is 26.7. The van der Waals surface area contributed by atoms with Gasteiger partial charge in [0, 0.05) is 143 Å². The number of rotatable bonds is 30. The minimum atomic E-state index is -5.55. The summed E-state index contributed by atoms with van der Waals surface area (Å²) in [5, 5.41) is 59.3. The van der Waals surface area contributed by atoms with Crippen molar-refractivity contribution in [3.05, 3.63) is 170 Å². The minimum absolute atomic E-state index is 0. The first-order valence-electron chi connectivity index (χ1n) is 41.0. The van der Waals surface area contributed by atoms with E-state index >= 15 is 0 Å². The molecule has 126 heavy (non-hydrogen) atoms. The summed E-state index contributed by atoms with van der Waals surface area (Å²) in [5.41, 5.74) is 36.2. The van der Waals surface area contributed by atoms with Crippen LogP contribution in [0.2, 0.25) is 0 Å². The van der Waals surface area contributed by atoms with Crippen molar-refractivity contribution in [2.24, 2.45) is 94.7 Å². The molecule has 1 spiro atoms. The van der Waals surface area contributed by atoms with Crippen molar-refractivity contribution >= 4 is 89.2 Å². The van der Waals surface area contributed by atoms with Crippen LogP contribution in [-0.2, 0) is 92.1 Å². The van der Waals surface area contributed by atoms with Crippen LogP contribution < -0.4 is 54.7 Å². The van der Waals surface area contributed by atoms with E-state index in [1.54, 1.807) is 37.5 Å². The van der Waals surface area contributed by atoms with Gasteiger partial charge >= 0.3 is 22.7 Å². The van der Waals surface area contributed by atoms with E-state index in [1.807, 2.05) is 66.7 Å². The fourth-order valence-corrected chi connectivity index (χ4v) is 21.3. The quantitative estimate of drug-likeness (QED) is 0.0128. The maximum absolute atomic E-state index is 14.8. The number of carbonyl (C=O) groups is 9. The first kappa shape index (κ1) is 93.3. The topological polar surface area (TPSA) is 604 Å². The van der Waals surface area contributed by atoms with Crippen molar-refractivity contribution in [1.29, 1.82) is 5.26 Å². The number of hydrogen-bond acceptors (Lipinski definition) is 26. The molecular formula is C87H102CoN18O19P. The van der Waals surface area contributed by atoms with Gasteiger partial charge in [-0.25, -0.2) is 14.5 Å². The van der Waals surface area contributed by atoms with Crippen LogP contribution in [0.25, 0.3) is 16.4 Å². The molecule has 0 saturated carbocycles. The standard InChI is InChI=1S/C86H104N17O19P.CN.Co/c1-40-26-58-59(27-41(40)2)103(39-95-58)79-73(113)74(62(119-79)38-102-37-46(100-101-102)36-94-78(114)45-12-15-49-55(28-45)86(120-80(49)115)51-16-13-47(104)29-60(51)118-61-30-48(105)14-17-52(61)86)122-123(116,117)121-42(3)35-93-70(112)24-25-82(8)56(31-67(90)109)77-85(11)84(10,34-69(92)111)54(20-23-66(89)108)72(99-85)44(5)76-83(9,33-68(91)110)50(18-21-64(87)106)57(96-76)32-63-81(6,7)53(19-22-65(88)107)71(97-63)43(4)75(82)98-77;1-2;/h12-17,26-30,32,37,39,42,50,53-54,56,62,73-74,77,79,113H,18-25,31,33-36,38H2,1-11H3,(H18,87,88,89,90,91,92,93,94,96,97,98,99,104,105,106,107,108,109,110,111,112,114,116,117);;/q;-1;+3/p-2/t42-,50-,53-,54-,56+,62-,73-,74-,77-,79+,82-,83+,84+,85+;;/m1../s1. The Bertz CT molecular complexity index is 5720. The number of esters is 1. The fraction of sp³-hybridized carbons (Fsp3) is 0.471. The van der Waals surface area contributed by atoms with Crippen LogP contribution in [0, 0.1) is 71.0 Å². The number of ether oxygens (including phenoxy) is 3. The van der Waals surface area contributed by atoms with Gasteiger partial charge in [-0.15, -0.1) is 5.10 Å². The second kappa shape index (κ2) is 35.2. The molecule has 1 unspecified atom stereocenters. The maximum Gasteiger partial charge on any atom is 3.00 e. The second-order valence-corrected chi connectivity index (χ2v) is 36.5. The Hall–Kier alpha value is -11.8. The van der Waals surface area contributed by atoms with Gasteiger partial charge in [0.25, 0.3) is 13.7 Å². The molecule has 8 aliphatic heterocycles. The molecule has 0 radical (unpaired) electrons. The first-order chi connectivity index (χ1) is 58.8. The number of aromatic nitrogens is 5. The van der Waals surface area contributed by atoms with Gasteiger partial charge in [0.1, 0.15) is 47.0 Å². The predicted octanol–water partition coefficient (Wildman–Crippen LogP) is 6.62. The molecule has 6 aromatic rings. The smallest absolute Gasteiger partial charge is 0.756 e.